The zero-order valence-electron chi connectivity index (χ0n) is 13.0. The van der Waals surface area contributed by atoms with E-state index in [1.54, 1.807) is 4.90 Å². The fourth-order valence-corrected chi connectivity index (χ4v) is 2.19. The number of carbonyl (C=O) groups excluding carboxylic acids is 3. The van der Waals surface area contributed by atoms with E-state index in [1.165, 1.54) is 0 Å². The van der Waals surface area contributed by atoms with E-state index < -0.39 is 6.04 Å². The van der Waals surface area contributed by atoms with Crippen LogP contribution in [0.2, 0.25) is 0 Å². The van der Waals surface area contributed by atoms with Gasteiger partial charge in [-0.3, -0.25) is 14.4 Å². The predicted octanol–water partition coefficient (Wildman–Crippen LogP) is -0.787. The summed E-state index contributed by atoms with van der Waals surface area (Å²) in [5.74, 6) is -0.457. The first-order valence-corrected chi connectivity index (χ1v) is 7.41. The van der Waals surface area contributed by atoms with Gasteiger partial charge in [-0.1, -0.05) is 13.8 Å². The molecule has 0 spiro atoms. The number of nitrogens with zero attached hydrogens (tertiary/aromatic N) is 1. The van der Waals surface area contributed by atoms with E-state index in [0.717, 1.165) is 13.0 Å². The van der Waals surface area contributed by atoms with Crippen molar-refractivity contribution in [2.24, 2.45) is 11.7 Å². The van der Waals surface area contributed by atoms with Crippen molar-refractivity contribution < 1.29 is 14.4 Å². The first kappa shape index (κ1) is 17.4. The van der Waals surface area contributed by atoms with E-state index in [9.17, 15) is 14.4 Å². The average Bonchev–Trinajstić information content (AvgIpc) is 2.80. The summed E-state index contributed by atoms with van der Waals surface area (Å²) in [7, 11) is 0. The monoisotopic (exact) mass is 298 g/mol. The second-order valence-electron chi connectivity index (χ2n) is 5.90. The van der Waals surface area contributed by atoms with Crippen molar-refractivity contribution in [3.05, 3.63) is 0 Å². The molecule has 1 aliphatic heterocycles. The Morgan fingerprint density at radius 2 is 2.00 bits per heavy atom. The Balaban J connectivity index is 2.26. The maximum atomic E-state index is 11.7. The number of nitrogens with one attached hydrogen (secondary N) is 2. The molecular formula is C14H26N4O3. The Hall–Kier alpha value is -1.63. The van der Waals surface area contributed by atoms with Gasteiger partial charge in [0.2, 0.25) is 17.7 Å². The Bertz CT molecular complexity index is 398. The van der Waals surface area contributed by atoms with Gasteiger partial charge >= 0.3 is 0 Å². The molecule has 0 radical (unpaired) electrons. The van der Waals surface area contributed by atoms with Crippen molar-refractivity contribution in [1.82, 2.24) is 15.5 Å². The third-order valence-corrected chi connectivity index (χ3v) is 3.52. The molecule has 21 heavy (non-hydrogen) atoms. The van der Waals surface area contributed by atoms with Gasteiger partial charge in [0.15, 0.2) is 0 Å². The zero-order valence-corrected chi connectivity index (χ0v) is 13.0. The fraction of sp³-hybridized carbons (Fsp3) is 0.786. The molecule has 0 aromatic rings. The van der Waals surface area contributed by atoms with Crippen LogP contribution in [0.1, 0.15) is 33.6 Å². The highest BCUT2D eigenvalue weighted by molar-refractivity contribution is 5.87. The van der Waals surface area contributed by atoms with Crippen LogP contribution >= 0.6 is 0 Å². The summed E-state index contributed by atoms with van der Waals surface area (Å²) in [4.78, 5) is 36.6. The van der Waals surface area contributed by atoms with Crippen molar-refractivity contribution in [2.75, 3.05) is 19.6 Å². The lowest BCUT2D eigenvalue weighted by molar-refractivity contribution is -0.129. The highest BCUT2D eigenvalue weighted by atomic mass is 16.2. The molecule has 2 atom stereocenters. The van der Waals surface area contributed by atoms with E-state index in [0.29, 0.717) is 13.0 Å². The molecule has 1 saturated heterocycles. The average molecular weight is 298 g/mol. The molecule has 1 unspecified atom stereocenters. The van der Waals surface area contributed by atoms with Crippen LogP contribution in [-0.2, 0) is 14.4 Å². The summed E-state index contributed by atoms with van der Waals surface area (Å²) >= 11 is 0. The van der Waals surface area contributed by atoms with Crippen LogP contribution in [0, 0.1) is 5.92 Å². The van der Waals surface area contributed by atoms with E-state index in [1.807, 2.05) is 20.8 Å². The Morgan fingerprint density at radius 3 is 2.52 bits per heavy atom. The maximum absolute atomic E-state index is 11.7. The normalized spacial score (nSPS) is 17.8. The second-order valence-corrected chi connectivity index (χ2v) is 5.90. The number of amides is 3. The molecule has 1 aliphatic rings. The molecule has 0 aromatic heterocycles. The lowest BCUT2D eigenvalue weighted by Crippen LogP contribution is -2.49. The molecule has 0 aromatic carbocycles. The first-order chi connectivity index (χ1) is 9.81. The van der Waals surface area contributed by atoms with Gasteiger partial charge in [0.25, 0.3) is 0 Å². The minimum absolute atomic E-state index is 0.0214. The Kier molecular flexibility index (Phi) is 6.61. The lowest BCUT2D eigenvalue weighted by Gasteiger charge is -2.22. The van der Waals surface area contributed by atoms with Gasteiger partial charge in [0.05, 0.1) is 12.6 Å². The van der Waals surface area contributed by atoms with Crippen LogP contribution in [0.4, 0.5) is 0 Å². The van der Waals surface area contributed by atoms with Crippen LogP contribution in [0.25, 0.3) is 0 Å². The van der Waals surface area contributed by atoms with Crippen molar-refractivity contribution >= 4 is 17.7 Å². The number of rotatable bonds is 7. The third kappa shape index (κ3) is 5.71. The first-order valence-electron chi connectivity index (χ1n) is 7.41. The molecule has 0 saturated carbocycles. The number of hydrogen-bond acceptors (Lipinski definition) is 4. The van der Waals surface area contributed by atoms with Gasteiger partial charge < -0.3 is 21.3 Å². The molecule has 1 fully saturated rings. The third-order valence-electron chi connectivity index (χ3n) is 3.52. The van der Waals surface area contributed by atoms with Gasteiger partial charge in [0.1, 0.15) is 0 Å². The topological polar surface area (TPSA) is 105 Å². The van der Waals surface area contributed by atoms with Gasteiger partial charge in [-0.2, -0.15) is 0 Å². The van der Waals surface area contributed by atoms with Crippen LogP contribution in [-0.4, -0.2) is 54.3 Å². The summed E-state index contributed by atoms with van der Waals surface area (Å²) in [5.41, 5.74) is 5.68. The van der Waals surface area contributed by atoms with Crippen molar-refractivity contribution in [1.29, 1.82) is 0 Å². The number of hydrogen-bond donors (Lipinski definition) is 3. The Morgan fingerprint density at radius 1 is 1.33 bits per heavy atom. The van der Waals surface area contributed by atoms with E-state index in [4.69, 9.17) is 5.73 Å². The molecule has 4 N–H and O–H groups in total. The zero-order chi connectivity index (χ0) is 16.0. The highest BCUT2D eigenvalue weighted by Crippen LogP contribution is 2.09. The van der Waals surface area contributed by atoms with Gasteiger partial charge in [0, 0.05) is 25.6 Å². The fourth-order valence-electron chi connectivity index (χ4n) is 2.19. The quantitative estimate of drug-likeness (QED) is 0.573. The van der Waals surface area contributed by atoms with Gasteiger partial charge in [-0.25, -0.2) is 0 Å². The molecule has 7 nitrogen and oxygen atoms in total. The molecule has 120 valence electrons. The van der Waals surface area contributed by atoms with Gasteiger partial charge in [-0.15, -0.1) is 0 Å². The molecule has 1 heterocycles. The molecule has 0 bridgehead atoms. The van der Waals surface area contributed by atoms with Crippen LogP contribution in [0.15, 0.2) is 0 Å². The molecule has 7 heteroatoms. The number of nitrogens with two attached hydrogens (primary N) is 1. The molecule has 1 rings (SSSR count). The van der Waals surface area contributed by atoms with E-state index in [2.05, 4.69) is 10.6 Å². The predicted molar refractivity (Wildman–Crippen MR) is 79.2 cm³/mol. The summed E-state index contributed by atoms with van der Waals surface area (Å²) in [6.45, 7) is 6.69. The number of likely N-dealkylation sites (tertiary alicyclic amines) is 1. The lowest BCUT2D eigenvalue weighted by atomic mass is 10.1. The summed E-state index contributed by atoms with van der Waals surface area (Å²) < 4.78 is 0. The number of carbonyl (C=O) groups is 3. The van der Waals surface area contributed by atoms with E-state index >= 15 is 0 Å². The maximum Gasteiger partial charge on any atom is 0.239 e. The van der Waals surface area contributed by atoms with E-state index in [-0.39, 0.29) is 36.2 Å². The summed E-state index contributed by atoms with van der Waals surface area (Å²) in [5, 5.41) is 5.28. The van der Waals surface area contributed by atoms with Gasteiger partial charge in [-0.05, 0) is 19.3 Å². The largest absolute Gasteiger partial charge is 0.350 e. The SMILES string of the molecule is CC(CN1CCCC1=O)NC(=O)CNC(=O)[C@@H](N)C(C)C. The van der Waals surface area contributed by atoms with Crippen LogP contribution in [0.3, 0.4) is 0 Å². The standard InChI is InChI=1S/C14H26N4O3/c1-9(2)13(15)14(21)16-7-11(19)17-10(3)8-18-6-4-5-12(18)20/h9-10,13H,4-8,15H2,1-3H3,(H,16,21)(H,17,19)/t10?,13-/m0/s1. The Labute approximate surface area is 125 Å². The molecular weight excluding hydrogens is 272 g/mol. The minimum Gasteiger partial charge on any atom is -0.350 e. The summed E-state index contributed by atoms with van der Waals surface area (Å²) in [6, 6.07) is -0.757. The van der Waals surface area contributed by atoms with Crippen LogP contribution in [0.5, 0.6) is 0 Å². The van der Waals surface area contributed by atoms with Crippen molar-refractivity contribution in [3.8, 4) is 0 Å². The second kappa shape index (κ2) is 7.97. The van der Waals surface area contributed by atoms with Crippen molar-refractivity contribution in [3.63, 3.8) is 0 Å². The molecule has 0 aliphatic carbocycles. The van der Waals surface area contributed by atoms with Crippen molar-refractivity contribution in [2.45, 2.75) is 45.7 Å². The summed E-state index contributed by atoms with van der Waals surface area (Å²) in [6.07, 6.45) is 1.46. The highest BCUT2D eigenvalue weighted by Gasteiger charge is 2.22. The smallest absolute Gasteiger partial charge is 0.239 e. The van der Waals surface area contributed by atoms with Crippen LogP contribution < -0.4 is 16.4 Å². The molecule has 3 amide bonds. The minimum atomic E-state index is -0.613.